The summed E-state index contributed by atoms with van der Waals surface area (Å²) < 4.78 is 1.16. The number of benzene rings is 1. The molecule has 6 nitrogen and oxygen atoms in total. The van der Waals surface area contributed by atoms with Gasteiger partial charge < -0.3 is 15.1 Å². The highest BCUT2D eigenvalue weighted by molar-refractivity contribution is 6.42. The summed E-state index contributed by atoms with van der Waals surface area (Å²) >= 11 is 11.8. The van der Waals surface area contributed by atoms with E-state index < -0.39 is 23.0 Å². The maximum absolute atomic E-state index is 12.5. The van der Waals surface area contributed by atoms with Crippen LogP contribution in [0, 0.1) is 0 Å². The highest BCUT2D eigenvalue weighted by atomic mass is 35.5. The molecule has 0 bridgehead atoms. The molecule has 0 radical (unpaired) electrons. The number of nitrogens with zero attached hydrogens (tertiary/aromatic N) is 2. The molecule has 23 heavy (non-hydrogen) atoms. The number of aromatic hydroxyl groups is 2. The molecule has 2 N–H and O–H groups in total. The van der Waals surface area contributed by atoms with Gasteiger partial charge in [-0.25, -0.2) is 0 Å². The third-order valence-electron chi connectivity index (χ3n) is 3.70. The van der Waals surface area contributed by atoms with Crippen molar-refractivity contribution < 1.29 is 15.0 Å². The second kappa shape index (κ2) is 5.79. The molecule has 0 aliphatic carbocycles. The molecule has 120 valence electrons. The molecule has 0 spiro atoms. The van der Waals surface area contributed by atoms with Gasteiger partial charge in [0, 0.05) is 25.7 Å². The maximum atomic E-state index is 12.5. The third kappa shape index (κ3) is 2.75. The van der Waals surface area contributed by atoms with Gasteiger partial charge >= 0.3 is 0 Å². The van der Waals surface area contributed by atoms with Crippen molar-refractivity contribution in [2.45, 2.75) is 13.1 Å². The lowest BCUT2D eigenvalue weighted by Gasteiger charge is -2.30. The van der Waals surface area contributed by atoms with Crippen molar-refractivity contribution in [1.82, 2.24) is 9.47 Å². The van der Waals surface area contributed by atoms with E-state index in [-0.39, 0.29) is 18.8 Å². The molecule has 1 aromatic carbocycles. The zero-order valence-electron chi connectivity index (χ0n) is 11.8. The van der Waals surface area contributed by atoms with Crippen molar-refractivity contribution in [2.24, 2.45) is 0 Å². The van der Waals surface area contributed by atoms with Gasteiger partial charge in [0.2, 0.25) is 0 Å². The Bertz CT molecular complexity index is 863. The topological polar surface area (TPSA) is 82.8 Å². The van der Waals surface area contributed by atoms with Gasteiger partial charge in [-0.15, -0.1) is 0 Å². The molecule has 0 saturated heterocycles. The number of carbonyl (C=O) groups is 1. The van der Waals surface area contributed by atoms with Crippen molar-refractivity contribution in [3.8, 4) is 11.5 Å². The fourth-order valence-electron chi connectivity index (χ4n) is 2.54. The fourth-order valence-corrected chi connectivity index (χ4v) is 2.86. The number of aromatic nitrogens is 1. The Kier molecular flexibility index (Phi) is 3.95. The molecule has 3 rings (SSSR count). The molecular formula is C15H12Cl2N2O4. The van der Waals surface area contributed by atoms with Crippen molar-refractivity contribution >= 4 is 29.1 Å². The molecule has 0 saturated carbocycles. The van der Waals surface area contributed by atoms with Crippen LogP contribution in [0.1, 0.15) is 16.1 Å². The predicted octanol–water partition coefficient (Wildman–Crippen LogP) is 2.22. The summed E-state index contributed by atoms with van der Waals surface area (Å²) in [6.45, 7) is 0.782. The molecule has 1 aliphatic heterocycles. The fraction of sp³-hybridized carbons (Fsp3) is 0.200. The highest BCUT2D eigenvalue weighted by Gasteiger charge is 2.30. The summed E-state index contributed by atoms with van der Waals surface area (Å²) in [7, 11) is 0. The number of hydrogen-bond donors (Lipinski definition) is 2. The van der Waals surface area contributed by atoms with Crippen molar-refractivity contribution in [3.63, 3.8) is 0 Å². The summed E-state index contributed by atoms with van der Waals surface area (Å²) in [5.74, 6) is -1.73. The summed E-state index contributed by atoms with van der Waals surface area (Å²) in [4.78, 5) is 25.8. The van der Waals surface area contributed by atoms with Crippen LogP contribution in [0.3, 0.4) is 0 Å². The van der Waals surface area contributed by atoms with Gasteiger partial charge in [0.05, 0.1) is 10.0 Å². The predicted molar refractivity (Wildman–Crippen MR) is 85.2 cm³/mol. The van der Waals surface area contributed by atoms with Crippen LogP contribution in [-0.4, -0.2) is 32.1 Å². The molecule has 1 amide bonds. The minimum Gasteiger partial charge on any atom is -0.504 e. The Balaban J connectivity index is 1.95. The number of carbonyl (C=O) groups excluding carboxylic acids is 1. The van der Waals surface area contributed by atoms with Gasteiger partial charge in [0.25, 0.3) is 11.5 Å². The summed E-state index contributed by atoms with van der Waals surface area (Å²) in [6.07, 6.45) is 0. The number of hydrogen-bond acceptors (Lipinski definition) is 4. The number of halogens is 2. The molecule has 0 atom stereocenters. The summed E-state index contributed by atoms with van der Waals surface area (Å²) in [5.41, 5.74) is 0.0299. The zero-order chi connectivity index (χ0) is 16.7. The first-order valence-corrected chi connectivity index (χ1v) is 7.53. The second-order valence-electron chi connectivity index (χ2n) is 5.19. The van der Waals surface area contributed by atoms with Gasteiger partial charge in [0.1, 0.15) is 0 Å². The smallest absolute Gasteiger partial charge is 0.274 e. The average molecular weight is 355 g/mol. The molecule has 2 aromatic rings. The minimum absolute atomic E-state index is 0.207. The summed E-state index contributed by atoms with van der Waals surface area (Å²) in [5, 5.41) is 20.3. The van der Waals surface area contributed by atoms with Crippen molar-refractivity contribution in [1.29, 1.82) is 0 Å². The van der Waals surface area contributed by atoms with E-state index in [0.29, 0.717) is 16.6 Å². The van der Waals surface area contributed by atoms with E-state index in [9.17, 15) is 19.8 Å². The monoisotopic (exact) mass is 354 g/mol. The van der Waals surface area contributed by atoms with E-state index in [1.54, 1.807) is 18.2 Å². The Morgan fingerprint density at radius 3 is 2.48 bits per heavy atom. The molecule has 0 fully saturated rings. The van der Waals surface area contributed by atoms with E-state index in [2.05, 4.69) is 0 Å². The quantitative estimate of drug-likeness (QED) is 0.866. The van der Waals surface area contributed by atoms with E-state index in [1.807, 2.05) is 0 Å². The standard InChI is InChI=1S/C15H12Cl2N2O4/c16-9-2-1-8(5-10(9)17)7-18-3-4-19-12(21)6-11(20)14(22)13(19)15(18)23/h1-2,5-6,20,22H,3-4,7H2. The second-order valence-corrected chi connectivity index (χ2v) is 6.01. The van der Waals surface area contributed by atoms with Crippen molar-refractivity contribution in [2.75, 3.05) is 6.54 Å². The van der Waals surface area contributed by atoms with Gasteiger partial charge in [-0.2, -0.15) is 0 Å². The van der Waals surface area contributed by atoms with Crippen LogP contribution in [0.25, 0.3) is 0 Å². The molecular weight excluding hydrogens is 343 g/mol. The first-order valence-electron chi connectivity index (χ1n) is 6.77. The Morgan fingerprint density at radius 2 is 1.78 bits per heavy atom. The van der Waals surface area contributed by atoms with Gasteiger partial charge in [-0.05, 0) is 17.7 Å². The zero-order valence-corrected chi connectivity index (χ0v) is 13.3. The normalized spacial score (nSPS) is 14.0. The SMILES string of the molecule is O=C1c2c(O)c(O)cc(=O)n2CCN1Cc1ccc(Cl)c(Cl)c1. The third-order valence-corrected chi connectivity index (χ3v) is 4.44. The van der Waals surface area contributed by atoms with E-state index in [4.69, 9.17) is 23.2 Å². The van der Waals surface area contributed by atoms with Crippen LogP contribution in [0.5, 0.6) is 11.5 Å². The Hall–Kier alpha value is -2.18. The molecule has 1 aromatic heterocycles. The van der Waals surface area contributed by atoms with Crippen LogP contribution >= 0.6 is 23.2 Å². The summed E-state index contributed by atoms with van der Waals surface area (Å²) in [6, 6.07) is 5.92. The minimum atomic E-state index is -0.606. The molecule has 2 heterocycles. The molecule has 8 heteroatoms. The molecule has 1 aliphatic rings. The molecule has 0 unspecified atom stereocenters. The first kappa shape index (κ1) is 15.7. The van der Waals surface area contributed by atoms with E-state index >= 15 is 0 Å². The average Bonchev–Trinajstić information content (AvgIpc) is 2.50. The Morgan fingerprint density at radius 1 is 1.04 bits per heavy atom. The number of fused-ring (bicyclic) bond motifs is 1. The van der Waals surface area contributed by atoms with E-state index in [1.165, 1.54) is 4.90 Å². The van der Waals surface area contributed by atoms with Crippen LogP contribution < -0.4 is 5.56 Å². The highest BCUT2D eigenvalue weighted by Crippen LogP contribution is 2.30. The number of pyridine rings is 1. The number of amides is 1. The van der Waals surface area contributed by atoms with Crippen LogP contribution in [-0.2, 0) is 13.1 Å². The van der Waals surface area contributed by atoms with Crippen LogP contribution in [0.4, 0.5) is 0 Å². The number of rotatable bonds is 2. The Labute approximate surface area is 141 Å². The maximum Gasteiger partial charge on any atom is 0.274 e. The first-order chi connectivity index (χ1) is 10.9. The lowest BCUT2D eigenvalue weighted by atomic mass is 10.1. The largest absolute Gasteiger partial charge is 0.504 e. The lowest BCUT2D eigenvalue weighted by Crippen LogP contribution is -2.43. The van der Waals surface area contributed by atoms with Crippen molar-refractivity contribution in [3.05, 3.63) is 55.9 Å². The van der Waals surface area contributed by atoms with Crippen LogP contribution in [0.15, 0.2) is 29.1 Å². The van der Waals surface area contributed by atoms with E-state index in [0.717, 1.165) is 16.2 Å². The van der Waals surface area contributed by atoms with Crippen LogP contribution in [0.2, 0.25) is 10.0 Å². The van der Waals surface area contributed by atoms with Gasteiger partial charge in [-0.1, -0.05) is 29.3 Å². The van der Waals surface area contributed by atoms with Gasteiger partial charge in [0.15, 0.2) is 17.2 Å². The van der Waals surface area contributed by atoms with Gasteiger partial charge in [-0.3, -0.25) is 14.2 Å². The lowest BCUT2D eigenvalue weighted by molar-refractivity contribution is 0.0680.